The molecule has 2 aromatic rings. The number of hydrogen-bond donors (Lipinski definition) is 1. The van der Waals surface area contributed by atoms with E-state index in [4.69, 9.17) is 0 Å². The molecule has 18 heavy (non-hydrogen) atoms. The highest BCUT2D eigenvalue weighted by Crippen LogP contribution is 2.28. The Morgan fingerprint density at radius 3 is 2.72 bits per heavy atom. The molecule has 0 saturated heterocycles. The number of carbonyl (C=O) groups is 1. The van der Waals surface area contributed by atoms with E-state index in [0.717, 1.165) is 16.7 Å². The normalized spacial score (nSPS) is 12.3. The number of thioether (sulfide) groups is 1. The van der Waals surface area contributed by atoms with Crippen LogP contribution in [0.5, 0.6) is 0 Å². The van der Waals surface area contributed by atoms with Gasteiger partial charge in [0, 0.05) is 10.9 Å². The van der Waals surface area contributed by atoms with Gasteiger partial charge in [-0.3, -0.25) is 4.79 Å². The molecule has 0 radical (unpaired) electrons. The van der Waals surface area contributed by atoms with Crippen LogP contribution < -0.4 is 5.32 Å². The molecule has 2 nitrogen and oxygen atoms in total. The smallest absolute Gasteiger partial charge is 0.284 e. The minimum absolute atomic E-state index is 0.0145. The van der Waals surface area contributed by atoms with Gasteiger partial charge in [0.15, 0.2) is 0 Å². The van der Waals surface area contributed by atoms with Crippen molar-refractivity contribution in [3.63, 3.8) is 0 Å². The number of hydrogen-bond acceptors (Lipinski definition) is 2. The second-order valence-electron chi connectivity index (χ2n) is 4.32. The number of nitrogens with one attached hydrogen (secondary N) is 1. The van der Waals surface area contributed by atoms with Crippen LogP contribution in [0.2, 0.25) is 0 Å². The Balaban J connectivity index is 2.19. The van der Waals surface area contributed by atoms with Crippen molar-refractivity contribution in [3.8, 4) is 0 Å². The number of amides is 1. The summed E-state index contributed by atoms with van der Waals surface area (Å²) in [5.74, 6) is 0. The van der Waals surface area contributed by atoms with Gasteiger partial charge >= 0.3 is 0 Å². The van der Waals surface area contributed by atoms with Crippen molar-refractivity contribution in [2.45, 2.75) is 31.2 Å². The Morgan fingerprint density at radius 1 is 1.22 bits per heavy atom. The number of fused-ring (bicyclic) bond motifs is 1. The van der Waals surface area contributed by atoms with E-state index >= 15 is 0 Å². The van der Waals surface area contributed by atoms with Crippen molar-refractivity contribution in [1.29, 1.82) is 0 Å². The lowest BCUT2D eigenvalue weighted by molar-refractivity contribution is 0.258. The molecule has 1 amide bonds. The van der Waals surface area contributed by atoms with E-state index in [-0.39, 0.29) is 11.3 Å². The molecule has 0 aliphatic rings. The minimum Gasteiger partial charge on any atom is -0.344 e. The minimum atomic E-state index is 0.0145. The summed E-state index contributed by atoms with van der Waals surface area (Å²) < 4.78 is 0. The number of rotatable bonds is 3. The van der Waals surface area contributed by atoms with Gasteiger partial charge in [0.1, 0.15) is 0 Å². The molecule has 0 aliphatic heterocycles. The summed E-state index contributed by atoms with van der Waals surface area (Å²) in [6.45, 7) is 4.08. The summed E-state index contributed by atoms with van der Waals surface area (Å²) in [6.07, 6.45) is 0.946. The average molecular weight is 259 g/mol. The van der Waals surface area contributed by atoms with Crippen LogP contribution in [-0.4, -0.2) is 11.3 Å². The topological polar surface area (TPSA) is 29.1 Å². The van der Waals surface area contributed by atoms with E-state index in [1.54, 1.807) is 0 Å². The lowest BCUT2D eigenvalue weighted by Crippen LogP contribution is -2.28. The van der Waals surface area contributed by atoms with Gasteiger partial charge in [-0.2, -0.15) is 0 Å². The molecule has 0 heterocycles. The van der Waals surface area contributed by atoms with E-state index in [2.05, 4.69) is 24.4 Å². The van der Waals surface area contributed by atoms with Crippen LogP contribution in [0, 0.1) is 0 Å². The maximum atomic E-state index is 11.9. The Hall–Kier alpha value is -1.48. The van der Waals surface area contributed by atoms with Gasteiger partial charge in [0.2, 0.25) is 0 Å². The van der Waals surface area contributed by atoms with Gasteiger partial charge in [0.05, 0.1) is 0 Å². The van der Waals surface area contributed by atoms with Crippen molar-refractivity contribution >= 4 is 27.8 Å². The summed E-state index contributed by atoms with van der Waals surface area (Å²) >= 11 is 1.27. The van der Waals surface area contributed by atoms with Gasteiger partial charge in [0.25, 0.3) is 5.24 Å². The molecule has 94 valence electrons. The van der Waals surface area contributed by atoms with Gasteiger partial charge in [-0.15, -0.1) is 0 Å². The van der Waals surface area contributed by atoms with Gasteiger partial charge in [-0.25, -0.2) is 0 Å². The van der Waals surface area contributed by atoms with E-state index in [1.165, 1.54) is 17.1 Å². The van der Waals surface area contributed by atoms with Crippen LogP contribution in [0.15, 0.2) is 47.4 Å². The molecule has 1 N–H and O–H groups in total. The summed E-state index contributed by atoms with van der Waals surface area (Å²) in [7, 11) is 0. The highest BCUT2D eigenvalue weighted by molar-refractivity contribution is 8.13. The molecular weight excluding hydrogens is 242 g/mol. The summed E-state index contributed by atoms with van der Waals surface area (Å²) in [4.78, 5) is 12.9. The van der Waals surface area contributed by atoms with E-state index in [0.29, 0.717) is 0 Å². The molecule has 1 atom stereocenters. The van der Waals surface area contributed by atoms with E-state index < -0.39 is 0 Å². The Morgan fingerprint density at radius 2 is 1.94 bits per heavy atom. The van der Waals surface area contributed by atoms with Crippen LogP contribution in [0.3, 0.4) is 0 Å². The molecule has 0 aromatic heterocycles. The van der Waals surface area contributed by atoms with E-state index in [1.807, 2.05) is 37.3 Å². The maximum Gasteiger partial charge on any atom is 0.284 e. The van der Waals surface area contributed by atoms with Gasteiger partial charge < -0.3 is 5.32 Å². The molecule has 2 rings (SSSR count). The third-order valence-corrected chi connectivity index (χ3v) is 3.81. The van der Waals surface area contributed by atoms with Crippen molar-refractivity contribution in [3.05, 3.63) is 42.5 Å². The third kappa shape index (κ3) is 3.05. The van der Waals surface area contributed by atoms with Crippen molar-refractivity contribution < 1.29 is 4.79 Å². The molecule has 0 spiro atoms. The number of carbonyl (C=O) groups excluding carboxylic acids is 1. The Kier molecular flexibility index (Phi) is 4.26. The first-order valence-electron chi connectivity index (χ1n) is 6.17. The zero-order valence-electron chi connectivity index (χ0n) is 10.6. The standard InChI is InChI=1S/C15H17NOS/c1-3-11(2)16-15(17)18-14-10-6-8-12-7-4-5-9-13(12)14/h4-11H,3H2,1-2H3,(H,16,17). The average Bonchev–Trinajstić information content (AvgIpc) is 2.39. The molecule has 1 unspecified atom stereocenters. The number of benzene rings is 2. The van der Waals surface area contributed by atoms with E-state index in [9.17, 15) is 4.79 Å². The van der Waals surface area contributed by atoms with Crippen LogP contribution in [0.4, 0.5) is 4.79 Å². The first-order chi connectivity index (χ1) is 8.70. The third-order valence-electron chi connectivity index (χ3n) is 2.93. The molecule has 3 heteroatoms. The first-order valence-corrected chi connectivity index (χ1v) is 6.98. The highest BCUT2D eigenvalue weighted by Gasteiger charge is 2.09. The fourth-order valence-corrected chi connectivity index (χ4v) is 2.62. The van der Waals surface area contributed by atoms with Crippen molar-refractivity contribution in [2.24, 2.45) is 0 Å². The largest absolute Gasteiger partial charge is 0.344 e. The predicted octanol–water partition coefficient (Wildman–Crippen LogP) is 4.44. The van der Waals surface area contributed by atoms with Crippen LogP contribution in [0.25, 0.3) is 10.8 Å². The van der Waals surface area contributed by atoms with Crippen molar-refractivity contribution in [2.75, 3.05) is 0 Å². The fourth-order valence-electron chi connectivity index (χ4n) is 1.72. The monoisotopic (exact) mass is 259 g/mol. The fraction of sp³-hybridized carbons (Fsp3) is 0.267. The molecule has 0 fully saturated rings. The highest BCUT2D eigenvalue weighted by atomic mass is 32.2. The zero-order valence-corrected chi connectivity index (χ0v) is 11.5. The van der Waals surface area contributed by atoms with Gasteiger partial charge in [-0.1, -0.05) is 43.3 Å². The lowest BCUT2D eigenvalue weighted by Gasteiger charge is -2.11. The van der Waals surface area contributed by atoms with Crippen LogP contribution >= 0.6 is 11.8 Å². The maximum absolute atomic E-state index is 11.9. The molecular formula is C15H17NOS. The predicted molar refractivity (Wildman–Crippen MR) is 78.1 cm³/mol. The first kappa shape index (κ1) is 13.0. The quantitative estimate of drug-likeness (QED) is 0.826. The summed E-state index contributed by atoms with van der Waals surface area (Å²) in [5, 5.41) is 5.28. The second kappa shape index (κ2) is 5.91. The zero-order chi connectivity index (χ0) is 13.0. The molecule has 2 aromatic carbocycles. The van der Waals surface area contributed by atoms with Crippen LogP contribution in [0.1, 0.15) is 20.3 Å². The van der Waals surface area contributed by atoms with Gasteiger partial charge in [-0.05, 0) is 41.9 Å². The Labute approximate surface area is 112 Å². The van der Waals surface area contributed by atoms with Crippen LogP contribution in [-0.2, 0) is 0 Å². The Bertz CT molecular complexity index is 548. The molecule has 0 bridgehead atoms. The molecule has 0 aliphatic carbocycles. The summed E-state index contributed by atoms with van der Waals surface area (Å²) in [6, 6.07) is 14.4. The lowest BCUT2D eigenvalue weighted by atomic mass is 10.1. The SMILES string of the molecule is CCC(C)NC(=O)Sc1cccc2ccccc12. The molecule has 0 saturated carbocycles. The second-order valence-corrected chi connectivity index (χ2v) is 5.34. The summed E-state index contributed by atoms with van der Waals surface area (Å²) in [5.41, 5.74) is 0. The van der Waals surface area contributed by atoms with Crippen molar-refractivity contribution in [1.82, 2.24) is 5.32 Å².